The van der Waals surface area contributed by atoms with Gasteiger partial charge in [-0.3, -0.25) is 0 Å². The Morgan fingerprint density at radius 1 is 1.10 bits per heavy atom. The molecule has 0 aliphatic rings. The van der Waals surface area contributed by atoms with E-state index in [1.54, 1.807) is 0 Å². The van der Waals surface area contributed by atoms with Crippen LogP contribution in [0.1, 0.15) is 16.7 Å². The average Bonchev–Trinajstić information content (AvgIpc) is 1.83. The first-order valence-electron chi connectivity index (χ1n) is 3.10. The molecule has 0 spiro atoms. The van der Waals surface area contributed by atoms with E-state index >= 15 is 0 Å². The Balaban J connectivity index is 0.000000810. The van der Waals surface area contributed by atoms with Crippen molar-refractivity contribution in [3.8, 4) is 0 Å². The minimum atomic E-state index is 0. The molecule has 0 bridgehead atoms. The molecule has 0 fully saturated rings. The molecule has 0 aliphatic carbocycles. The predicted octanol–water partition coefficient (Wildman–Crippen LogP) is 2.49. The van der Waals surface area contributed by atoms with Crippen molar-refractivity contribution in [2.24, 2.45) is 0 Å². The minimum Gasteiger partial charge on any atom is -0.198 e. The first kappa shape index (κ1) is 10.1. The molecule has 1 rings (SSSR count). The Kier molecular flexibility index (Phi) is 4.17. The molecule has 1 aromatic rings. The third-order valence-electron chi connectivity index (χ3n) is 1.64. The standard InChI is InChI=1S/C9H11.U/c1-7-5-4-6-8(2)9(7)3;/h4-6H,3H2,1-2H3;/q-1;. The molecular formula is C9H11U-. The molecule has 0 saturated carbocycles. The third-order valence-corrected chi connectivity index (χ3v) is 1.64. The summed E-state index contributed by atoms with van der Waals surface area (Å²) in [4.78, 5) is 0. The first-order valence-corrected chi connectivity index (χ1v) is 3.10. The Hall–Kier alpha value is 0.142. The van der Waals surface area contributed by atoms with Crippen molar-refractivity contribution in [2.45, 2.75) is 13.8 Å². The van der Waals surface area contributed by atoms with Gasteiger partial charge in [-0.2, -0.15) is 23.6 Å². The van der Waals surface area contributed by atoms with Gasteiger partial charge in [0, 0.05) is 31.1 Å². The van der Waals surface area contributed by atoms with Crippen LogP contribution in [0.15, 0.2) is 18.2 Å². The van der Waals surface area contributed by atoms with E-state index in [-0.39, 0.29) is 31.1 Å². The molecular weight excluding hydrogens is 346 g/mol. The molecule has 0 amide bonds. The molecule has 0 N–H and O–H groups in total. The zero-order valence-electron chi connectivity index (χ0n) is 6.44. The fourth-order valence-corrected chi connectivity index (χ4v) is 0.849. The summed E-state index contributed by atoms with van der Waals surface area (Å²) in [7, 11) is 0. The van der Waals surface area contributed by atoms with Gasteiger partial charge >= 0.3 is 0 Å². The van der Waals surface area contributed by atoms with E-state index in [4.69, 9.17) is 0 Å². The number of benzene rings is 1. The van der Waals surface area contributed by atoms with Crippen LogP contribution in [0.5, 0.6) is 0 Å². The van der Waals surface area contributed by atoms with Crippen molar-refractivity contribution >= 4 is 0 Å². The molecule has 0 nitrogen and oxygen atoms in total. The monoisotopic (exact) mass is 357 g/mol. The fraction of sp³-hybridized carbons (Fsp3) is 0.222. The van der Waals surface area contributed by atoms with Crippen molar-refractivity contribution < 1.29 is 31.1 Å². The Labute approximate surface area is 86.4 Å². The summed E-state index contributed by atoms with van der Waals surface area (Å²) in [6.07, 6.45) is 0. The van der Waals surface area contributed by atoms with Gasteiger partial charge in [0.25, 0.3) is 0 Å². The zero-order valence-corrected chi connectivity index (χ0v) is 10.6. The smallest absolute Gasteiger partial charge is 0 e. The molecule has 0 saturated heterocycles. The SMILES string of the molecule is [CH2-]c1c(C)cccc1C.[U]. The Morgan fingerprint density at radius 3 is 1.80 bits per heavy atom. The van der Waals surface area contributed by atoms with Crippen molar-refractivity contribution in [3.63, 3.8) is 0 Å². The molecule has 10 heavy (non-hydrogen) atoms. The minimum absolute atomic E-state index is 0. The van der Waals surface area contributed by atoms with E-state index in [0.29, 0.717) is 0 Å². The van der Waals surface area contributed by atoms with E-state index in [0.717, 1.165) is 5.56 Å². The summed E-state index contributed by atoms with van der Waals surface area (Å²) in [5.41, 5.74) is 3.71. The summed E-state index contributed by atoms with van der Waals surface area (Å²) in [6, 6.07) is 6.21. The van der Waals surface area contributed by atoms with E-state index < -0.39 is 0 Å². The topological polar surface area (TPSA) is 0 Å². The average molecular weight is 357 g/mol. The zero-order chi connectivity index (χ0) is 6.85. The van der Waals surface area contributed by atoms with Crippen LogP contribution < -0.4 is 0 Å². The van der Waals surface area contributed by atoms with Gasteiger partial charge in [-0.05, 0) is 0 Å². The maximum atomic E-state index is 3.92. The third kappa shape index (κ3) is 2.08. The molecule has 0 aromatic heterocycles. The molecule has 0 unspecified atom stereocenters. The van der Waals surface area contributed by atoms with Gasteiger partial charge in [0.1, 0.15) is 0 Å². The van der Waals surface area contributed by atoms with Gasteiger partial charge < -0.3 is 0 Å². The molecule has 0 atom stereocenters. The van der Waals surface area contributed by atoms with Gasteiger partial charge in [0.15, 0.2) is 0 Å². The van der Waals surface area contributed by atoms with E-state index in [2.05, 4.69) is 39.0 Å². The second-order valence-electron chi connectivity index (χ2n) is 2.37. The van der Waals surface area contributed by atoms with E-state index in [9.17, 15) is 0 Å². The molecule has 0 radical (unpaired) electrons. The van der Waals surface area contributed by atoms with Crippen LogP contribution in [0.25, 0.3) is 0 Å². The van der Waals surface area contributed by atoms with Gasteiger partial charge in [0.2, 0.25) is 0 Å². The summed E-state index contributed by atoms with van der Waals surface area (Å²) in [6.45, 7) is 8.08. The molecule has 0 aliphatic heterocycles. The van der Waals surface area contributed by atoms with E-state index in [1.165, 1.54) is 11.1 Å². The van der Waals surface area contributed by atoms with Crippen molar-refractivity contribution in [1.82, 2.24) is 0 Å². The summed E-state index contributed by atoms with van der Waals surface area (Å²) < 4.78 is 0. The van der Waals surface area contributed by atoms with Crippen LogP contribution in [-0.4, -0.2) is 0 Å². The van der Waals surface area contributed by atoms with Gasteiger partial charge in [-0.25, -0.2) is 0 Å². The summed E-state index contributed by atoms with van der Waals surface area (Å²) in [5, 5.41) is 0. The van der Waals surface area contributed by atoms with Crippen molar-refractivity contribution in [2.75, 3.05) is 0 Å². The van der Waals surface area contributed by atoms with Crippen LogP contribution in [0.4, 0.5) is 0 Å². The van der Waals surface area contributed by atoms with Crippen LogP contribution in [0.2, 0.25) is 0 Å². The maximum absolute atomic E-state index is 3.92. The first-order chi connectivity index (χ1) is 4.22. The maximum Gasteiger partial charge on any atom is 0 e. The quantitative estimate of drug-likeness (QED) is 0.626. The molecule has 1 aromatic carbocycles. The van der Waals surface area contributed by atoms with Crippen molar-refractivity contribution in [3.05, 3.63) is 41.8 Å². The normalized spacial score (nSPS) is 8.60. The number of hydrogen-bond donors (Lipinski definition) is 0. The largest absolute Gasteiger partial charge is 0.198 e. The predicted molar refractivity (Wildman–Crippen MR) is 40.4 cm³/mol. The number of hydrogen-bond acceptors (Lipinski definition) is 0. The van der Waals surface area contributed by atoms with Crippen LogP contribution in [-0.2, 0) is 0 Å². The Bertz CT molecular complexity index is 196. The van der Waals surface area contributed by atoms with Crippen LogP contribution >= 0.6 is 0 Å². The Morgan fingerprint density at radius 2 is 1.50 bits per heavy atom. The molecule has 0 heterocycles. The molecule has 52 valence electrons. The van der Waals surface area contributed by atoms with Crippen molar-refractivity contribution in [1.29, 1.82) is 0 Å². The number of aryl methyl sites for hydroxylation is 2. The second-order valence-corrected chi connectivity index (χ2v) is 2.37. The fourth-order valence-electron chi connectivity index (χ4n) is 0.849. The number of rotatable bonds is 0. The molecule has 1 heteroatoms. The summed E-state index contributed by atoms with van der Waals surface area (Å²) in [5.74, 6) is 0. The van der Waals surface area contributed by atoms with Crippen LogP contribution in [0, 0.1) is 51.9 Å². The van der Waals surface area contributed by atoms with Gasteiger partial charge in [0.05, 0.1) is 0 Å². The summed E-state index contributed by atoms with van der Waals surface area (Å²) >= 11 is 0. The van der Waals surface area contributed by atoms with E-state index in [1.807, 2.05) is 0 Å². The van der Waals surface area contributed by atoms with Gasteiger partial charge in [-0.1, -0.05) is 19.9 Å². The van der Waals surface area contributed by atoms with Gasteiger partial charge in [-0.15, -0.1) is 12.1 Å². The van der Waals surface area contributed by atoms with Crippen LogP contribution in [0.3, 0.4) is 0 Å². The second kappa shape index (κ2) is 4.11.